The monoisotopic (exact) mass is 216 g/mol. The standard InChI is InChI=1S/C7H8N2O6/c10-5(11)4-2-1-3-8(6(12)13)9(4)7(14)15/h1,3-4H,2H2,(H,10,11)(H,12,13)(H,14,15). The van der Waals surface area contributed by atoms with E-state index >= 15 is 0 Å². The van der Waals surface area contributed by atoms with E-state index in [-0.39, 0.29) is 11.4 Å². The Hall–Kier alpha value is -2.25. The van der Waals surface area contributed by atoms with Crippen molar-refractivity contribution in [2.75, 3.05) is 0 Å². The van der Waals surface area contributed by atoms with Gasteiger partial charge in [-0.05, 0) is 0 Å². The number of nitrogens with zero attached hydrogens (tertiary/aromatic N) is 2. The molecule has 8 heteroatoms. The Morgan fingerprint density at radius 1 is 1.13 bits per heavy atom. The molecule has 1 aliphatic heterocycles. The van der Waals surface area contributed by atoms with Crippen LogP contribution in [0.25, 0.3) is 0 Å². The third-order valence-electron chi connectivity index (χ3n) is 1.81. The fourth-order valence-electron chi connectivity index (χ4n) is 1.20. The average Bonchev–Trinajstić information content (AvgIpc) is 2.16. The van der Waals surface area contributed by atoms with Crippen molar-refractivity contribution in [3.05, 3.63) is 12.3 Å². The van der Waals surface area contributed by atoms with Gasteiger partial charge >= 0.3 is 18.2 Å². The maximum Gasteiger partial charge on any atom is 0.430 e. The zero-order valence-corrected chi connectivity index (χ0v) is 7.40. The third-order valence-corrected chi connectivity index (χ3v) is 1.81. The summed E-state index contributed by atoms with van der Waals surface area (Å²) in [5.74, 6) is -1.40. The van der Waals surface area contributed by atoms with Crippen molar-refractivity contribution in [1.82, 2.24) is 10.0 Å². The largest absolute Gasteiger partial charge is 0.480 e. The molecule has 0 saturated heterocycles. The Morgan fingerprint density at radius 2 is 1.73 bits per heavy atom. The van der Waals surface area contributed by atoms with Crippen LogP contribution in [0, 0.1) is 0 Å². The highest BCUT2D eigenvalue weighted by atomic mass is 16.4. The predicted molar refractivity (Wildman–Crippen MR) is 44.9 cm³/mol. The van der Waals surface area contributed by atoms with Crippen molar-refractivity contribution in [2.45, 2.75) is 12.5 Å². The number of hydrazine groups is 1. The van der Waals surface area contributed by atoms with Crippen molar-refractivity contribution in [3.63, 3.8) is 0 Å². The van der Waals surface area contributed by atoms with Gasteiger partial charge in [-0.3, -0.25) is 0 Å². The van der Waals surface area contributed by atoms with Gasteiger partial charge in [0, 0.05) is 12.6 Å². The first-order chi connectivity index (χ1) is 6.95. The molecule has 0 bridgehead atoms. The minimum Gasteiger partial charge on any atom is -0.480 e. The van der Waals surface area contributed by atoms with Crippen LogP contribution in [0.15, 0.2) is 12.3 Å². The number of aliphatic carboxylic acids is 1. The quantitative estimate of drug-likeness (QED) is 0.577. The molecule has 1 rings (SSSR count). The minimum atomic E-state index is -1.63. The summed E-state index contributed by atoms with van der Waals surface area (Å²) in [7, 11) is 0. The number of carboxylic acid groups (broad SMARTS) is 3. The molecule has 1 unspecified atom stereocenters. The van der Waals surface area contributed by atoms with Gasteiger partial charge < -0.3 is 15.3 Å². The molecule has 2 amide bonds. The molecule has 0 radical (unpaired) electrons. The van der Waals surface area contributed by atoms with Crippen molar-refractivity contribution < 1.29 is 29.7 Å². The van der Waals surface area contributed by atoms with Crippen LogP contribution in [-0.4, -0.2) is 49.5 Å². The van der Waals surface area contributed by atoms with Gasteiger partial charge in [-0.2, -0.15) is 10.0 Å². The number of amides is 2. The molecule has 3 N–H and O–H groups in total. The Bertz CT molecular complexity index is 338. The molecule has 0 aliphatic carbocycles. The van der Waals surface area contributed by atoms with Gasteiger partial charge in [0.25, 0.3) is 0 Å². The SMILES string of the molecule is O=C(O)C1CC=CN(C(=O)O)N1C(=O)O. The van der Waals surface area contributed by atoms with Crippen LogP contribution in [0.2, 0.25) is 0 Å². The minimum absolute atomic E-state index is 0.0641. The van der Waals surface area contributed by atoms with E-state index in [9.17, 15) is 14.4 Å². The second-order valence-electron chi connectivity index (χ2n) is 2.73. The second kappa shape index (κ2) is 3.86. The fraction of sp³-hybridized carbons (Fsp3) is 0.286. The van der Waals surface area contributed by atoms with Gasteiger partial charge in [0.1, 0.15) is 0 Å². The third kappa shape index (κ3) is 1.98. The van der Waals surface area contributed by atoms with Crippen LogP contribution in [0.4, 0.5) is 9.59 Å². The molecule has 1 atom stereocenters. The number of carboxylic acids is 1. The first-order valence-corrected chi connectivity index (χ1v) is 3.89. The lowest BCUT2D eigenvalue weighted by Gasteiger charge is -2.34. The zero-order valence-electron chi connectivity index (χ0n) is 7.40. The van der Waals surface area contributed by atoms with Crippen molar-refractivity contribution in [3.8, 4) is 0 Å². The van der Waals surface area contributed by atoms with Crippen LogP contribution in [0.1, 0.15) is 6.42 Å². The molecule has 15 heavy (non-hydrogen) atoms. The highest BCUT2D eigenvalue weighted by Crippen LogP contribution is 2.16. The smallest absolute Gasteiger partial charge is 0.430 e. The molecule has 1 heterocycles. The summed E-state index contributed by atoms with van der Waals surface area (Å²) in [6.45, 7) is 0. The lowest BCUT2D eigenvalue weighted by molar-refractivity contribution is -0.147. The summed E-state index contributed by atoms with van der Waals surface area (Å²) >= 11 is 0. The highest BCUT2D eigenvalue weighted by molar-refractivity contribution is 5.82. The van der Waals surface area contributed by atoms with Gasteiger partial charge in [-0.25, -0.2) is 14.4 Å². The van der Waals surface area contributed by atoms with Gasteiger partial charge in [-0.1, -0.05) is 6.08 Å². The number of hydrogen-bond donors (Lipinski definition) is 3. The lowest BCUT2D eigenvalue weighted by atomic mass is 10.2. The molecule has 0 spiro atoms. The highest BCUT2D eigenvalue weighted by Gasteiger charge is 2.37. The maximum atomic E-state index is 10.7. The van der Waals surface area contributed by atoms with E-state index in [1.54, 1.807) is 0 Å². The van der Waals surface area contributed by atoms with E-state index in [2.05, 4.69) is 0 Å². The summed E-state index contributed by atoms with van der Waals surface area (Å²) < 4.78 is 0. The molecule has 0 aromatic carbocycles. The molecule has 0 aromatic rings. The van der Waals surface area contributed by atoms with E-state index in [4.69, 9.17) is 15.3 Å². The second-order valence-corrected chi connectivity index (χ2v) is 2.73. The Morgan fingerprint density at radius 3 is 2.13 bits per heavy atom. The lowest BCUT2D eigenvalue weighted by Crippen LogP contribution is -2.55. The van der Waals surface area contributed by atoms with E-state index in [1.165, 1.54) is 6.08 Å². The Balaban J connectivity index is 3.04. The summed E-state index contributed by atoms with van der Waals surface area (Å²) in [5, 5.41) is 26.6. The molecular weight excluding hydrogens is 208 g/mol. The molecular formula is C7H8N2O6. The molecule has 0 aromatic heterocycles. The predicted octanol–water partition coefficient (Wildman–Crippen LogP) is 0.232. The van der Waals surface area contributed by atoms with E-state index < -0.39 is 24.2 Å². The van der Waals surface area contributed by atoms with Crippen molar-refractivity contribution in [2.24, 2.45) is 0 Å². The molecule has 0 fully saturated rings. The van der Waals surface area contributed by atoms with Crippen molar-refractivity contribution >= 4 is 18.2 Å². The molecule has 8 nitrogen and oxygen atoms in total. The van der Waals surface area contributed by atoms with Gasteiger partial charge in [0.05, 0.1) is 0 Å². The van der Waals surface area contributed by atoms with Gasteiger partial charge in [0.15, 0.2) is 6.04 Å². The maximum absolute atomic E-state index is 10.7. The van der Waals surface area contributed by atoms with Crippen LogP contribution in [-0.2, 0) is 4.79 Å². The molecule has 82 valence electrons. The summed E-state index contributed by atoms with van der Waals surface area (Å²) in [4.78, 5) is 32.0. The molecule has 1 aliphatic rings. The van der Waals surface area contributed by atoms with Crippen molar-refractivity contribution in [1.29, 1.82) is 0 Å². The first-order valence-electron chi connectivity index (χ1n) is 3.89. The fourth-order valence-corrected chi connectivity index (χ4v) is 1.20. The number of rotatable bonds is 1. The topological polar surface area (TPSA) is 118 Å². The van der Waals surface area contributed by atoms with Crippen LogP contribution in [0.5, 0.6) is 0 Å². The number of hydrogen-bond acceptors (Lipinski definition) is 3. The van der Waals surface area contributed by atoms with E-state index in [0.717, 1.165) is 6.20 Å². The Kier molecular flexibility index (Phi) is 2.79. The van der Waals surface area contributed by atoms with E-state index in [0.29, 0.717) is 5.01 Å². The summed E-state index contributed by atoms with van der Waals surface area (Å²) in [6, 6.07) is -1.41. The van der Waals surface area contributed by atoms with E-state index in [1.807, 2.05) is 0 Å². The van der Waals surface area contributed by atoms with Crippen LogP contribution >= 0.6 is 0 Å². The zero-order chi connectivity index (χ0) is 11.6. The van der Waals surface area contributed by atoms with Crippen LogP contribution < -0.4 is 0 Å². The normalized spacial score (nSPS) is 20.1. The van der Waals surface area contributed by atoms with Crippen LogP contribution in [0.3, 0.4) is 0 Å². The van der Waals surface area contributed by atoms with Gasteiger partial charge in [-0.15, -0.1) is 0 Å². The summed E-state index contributed by atoms with van der Waals surface area (Å²) in [6.07, 6.45) is -0.970. The van der Waals surface area contributed by atoms with Gasteiger partial charge in [0.2, 0.25) is 0 Å². The average molecular weight is 216 g/mol. The number of carbonyl (C=O) groups is 3. The molecule has 0 saturated carbocycles. The summed E-state index contributed by atoms with van der Waals surface area (Å²) in [5.41, 5.74) is 0. The first kappa shape index (κ1) is 10.8. The Labute approximate surface area is 83.6 Å².